The molecule has 110 valence electrons. The van der Waals surface area contributed by atoms with Crippen molar-refractivity contribution in [1.82, 2.24) is 9.88 Å². The zero-order chi connectivity index (χ0) is 14.8. The summed E-state index contributed by atoms with van der Waals surface area (Å²) in [4.78, 5) is 17.7. The second kappa shape index (κ2) is 5.81. The van der Waals surface area contributed by atoms with E-state index in [1.807, 2.05) is 12.1 Å². The molecule has 1 heterocycles. The molecule has 0 aromatic carbocycles. The number of nitrogens with zero attached hydrogens (tertiary/aromatic N) is 2. The molecule has 0 spiro atoms. The first-order valence-corrected chi connectivity index (χ1v) is 7.32. The van der Waals surface area contributed by atoms with Crippen molar-refractivity contribution in [3.63, 3.8) is 0 Å². The van der Waals surface area contributed by atoms with Gasteiger partial charge in [0.2, 0.25) is 0 Å². The third-order valence-electron chi connectivity index (χ3n) is 3.97. The van der Waals surface area contributed by atoms with E-state index in [0.29, 0.717) is 17.0 Å². The smallest absolute Gasteiger partial charge is 0.254 e. The predicted octanol–water partition coefficient (Wildman–Crippen LogP) is 3.16. The van der Waals surface area contributed by atoms with Gasteiger partial charge in [-0.2, -0.15) is 0 Å². The molecule has 0 saturated heterocycles. The van der Waals surface area contributed by atoms with Crippen molar-refractivity contribution in [3.05, 3.63) is 23.9 Å². The van der Waals surface area contributed by atoms with Crippen LogP contribution in [0.2, 0.25) is 0 Å². The fourth-order valence-corrected chi connectivity index (χ4v) is 2.89. The van der Waals surface area contributed by atoms with Crippen LogP contribution in [0.15, 0.2) is 18.3 Å². The monoisotopic (exact) mass is 275 g/mol. The van der Waals surface area contributed by atoms with Crippen LogP contribution in [-0.2, 0) is 0 Å². The minimum atomic E-state index is -0.0113. The van der Waals surface area contributed by atoms with Gasteiger partial charge in [-0.1, -0.05) is 20.3 Å². The fourth-order valence-electron chi connectivity index (χ4n) is 2.89. The van der Waals surface area contributed by atoms with Crippen LogP contribution in [0.25, 0.3) is 0 Å². The van der Waals surface area contributed by atoms with Gasteiger partial charge in [-0.15, -0.1) is 0 Å². The first kappa shape index (κ1) is 14.8. The van der Waals surface area contributed by atoms with Crippen LogP contribution in [0.4, 0.5) is 5.82 Å². The molecule has 1 N–H and O–H groups in total. The summed E-state index contributed by atoms with van der Waals surface area (Å²) in [6.45, 7) is 4.65. The Balaban J connectivity index is 1.99. The Morgan fingerprint density at radius 3 is 2.70 bits per heavy atom. The third kappa shape index (κ3) is 3.71. The minimum absolute atomic E-state index is 0.0113. The van der Waals surface area contributed by atoms with Gasteiger partial charge in [0.15, 0.2) is 0 Å². The zero-order valence-electron chi connectivity index (χ0n) is 12.9. The average molecular weight is 275 g/mol. The molecule has 0 radical (unpaired) electrons. The van der Waals surface area contributed by atoms with Crippen molar-refractivity contribution < 1.29 is 4.79 Å². The number of pyridine rings is 1. The highest BCUT2D eigenvalue weighted by Crippen LogP contribution is 2.36. The maximum atomic E-state index is 11.8. The summed E-state index contributed by atoms with van der Waals surface area (Å²) < 4.78 is 0. The number of aromatic nitrogens is 1. The second-order valence-corrected chi connectivity index (χ2v) is 6.73. The number of rotatable bonds is 3. The van der Waals surface area contributed by atoms with Crippen LogP contribution >= 0.6 is 0 Å². The summed E-state index contributed by atoms with van der Waals surface area (Å²) in [7, 11) is 3.50. The molecule has 0 bridgehead atoms. The van der Waals surface area contributed by atoms with Crippen LogP contribution in [0.3, 0.4) is 0 Å². The Labute approximate surface area is 121 Å². The zero-order valence-corrected chi connectivity index (χ0v) is 12.9. The number of carbonyl (C=O) groups is 1. The Bertz CT molecular complexity index is 465. The maximum Gasteiger partial charge on any atom is 0.254 e. The highest BCUT2D eigenvalue weighted by atomic mass is 16.2. The van der Waals surface area contributed by atoms with Gasteiger partial charge in [0, 0.05) is 26.3 Å². The minimum Gasteiger partial charge on any atom is -0.367 e. The molecule has 4 nitrogen and oxygen atoms in total. The maximum absolute atomic E-state index is 11.8. The van der Waals surface area contributed by atoms with Gasteiger partial charge in [0.25, 0.3) is 5.91 Å². The van der Waals surface area contributed by atoms with Gasteiger partial charge in [0.1, 0.15) is 5.82 Å². The molecule has 4 heteroatoms. The van der Waals surface area contributed by atoms with Crippen molar-refractivity contribution in [3.8, 4) is 0 Å². The Morgan fingerprint density at radius 1 is 1.40 bits per heavy atom. The van der Waals surface area contributed by atoms with Gasteiger partial charge in [-0.25, -0.2) is 4.98 Å². The van der Waals surface area contributed by atoms with Crippen molar-refractivity contribution in [2.75, 3.05) is 19.4 Å². The number of amides is 1. The Morgan fingerprint density at radius 2 is 2.15 bits per heavy atom. The summed E-state index contributed by atoms with van der Waals surface area (Å²) in [6.07, 6.45) is 6.59. The SMILES string of the molecule is CN(C)C(=O)c1ccc(NC2CCCC(C)(C)C2)nc1. The van der Waals surface area contributed by atoms with E-state index in [0.717, 1.165) is 5.82 Å². The van der Waals surface area contributed by atoms with Crippen LogP contribution in [0.5, 0.6) is 0 Å². The molecule has 20 heavy (non-hydrogen) atoms. The van der Waals surface area contributed by atoms with Gasteiger partial charge >= 0.3 is 0 Å². The molecular weight excluding hydrogens is 250 g/mol. The van der Waals surface area contributed by atoms with Crippen LogP contribution in [0.1, 0.15) is 49.9 Å². The second-order valence-electron chi connectivity index (χ2n) is 6.73. The van der Waals surface area contributed by atoms with Gasteiger partial charge in [0.05, 0.1) is 5.56 Å². The van der Waals surface area contributed by atoms with Crippen LogP contribution in [-0.4, -0.2) is 35.9 Å². The van der Waals surface area contributed by atoms with E-state index < -0.39 is 0 Å². The highest BCUT2D eigenvalue weighted by molar-refractivity contribution is 5.93. The Hall–Kier alpha value is -1.58. The number of anilines is 1. The van der Waals surface area contributed by atoms with E-state index in [4.69, 9.17) is 0 Å². The Kier molecular flexibility index (Phi) is 4.31. The summed E-state index contributed by atoms with van der Waals surface area (Å²) >= 11 is 0. The first-order chi connectivity index (χ1) is 9.37. The fraction of sp³-hybridized carbons (Fsp3) is 0.625. The van der Waals surface area contributed by atoms with E-state index >= 15 is 0 Å². The number of hydrogen-bond acceptors (Lipinski definition) is 3. The molecule has 1 aromatic heterocycles. The lowest BCUT2D eigenvalue weighted by atomic mass is 9.75. The number of hydrogen-bond donors (Lipinski definition) is 1. The highest BCUT2D eigenvalue weighted by Gasteiger charge is 2.27. The molecule has 1 aromatic rings. The largest absolute Gasteiger partial charge is 0.367 e. The van der Waals surface area contributed by atoms with Gasteiger partial charge in [-0.3, -0.25) is 4.79 Å². The summed E-state index contributed by atoms with van der Waals surface area (Å²) in [5, 5.41) is 3.50. The molecular formula is C16H25N3O. The molecule has 1 fully saturated rings. The molecule has 1 unspecified atom stereocenters. The van der Waals surface area contributed by atoms with E-state index in [-0.39, 0.29) is 5.91 Å². The summed E-state index contributed by atoms with van der Waals surface area (Å²) in [6, 6.07) is 4.23. The topological polar surface area (TPSA) is 45.2 Å². The van der Waals surface area contributed by atoms with E-state index in [2.05, 4.69) is 24.1 Å². The molecule has 1 atom stereocenters. The molecule has 1 aliphatic rings. The molecule has 1 amide bonds. The summed E-state index contributed by atoms with van der Waals surface area (Å²) in [5.41, 5.74) is 1.04. The van der Waals surface area contributed by atoms with Gasteiger partial charge < -0.3 is 10.2 Å². The van der Waals surface area contributed by atoms with Crippen LogP contribution < -0.4 is 5.32 Å². The van der Waals surface area contributed by atoms with Crippen LogP contribution in [0, 0.1) is 5.41 Å². The lowest BCUT2D eigenvalue weighted by molar-refractivity contribution is 0.0827. The quantitative estimate of drug-likeness (QED) is 0.921. The third-order valence-corrected chi connectivity index (χ3v) is 3.97. The molecule has 0 aliphatic heterocycles. The van der Waals surface area contributed by atoms with E-state index in [9.17, 15) is 4.79 Å². The van der Waals surface area contributed by atoms with Gasteiger partial charge in [-0.05, 0) is 36.8 Å². The molecule has 1 aliphatic carbocycles. The normalized spacial score (nSPS) is 21.3. The van der Waals surface area contributed by atoms with Crippen molar-refractivity contribution in [2.45, 2.75) is 45.6 Å². The predicted molar refractivity (Wildman–Crippen MR) is 81.9 cm³/mol. The van der Waals surface area contributed by atoms with Crippen molar-refractivity contribution >= 4 is 11.7 Å². The lowest BCUT2D eigenvalue weighted by Crippen LogP contribution is -2.32. The molecule has 1 saturated carbocycles. The standard InChI is InChI=1S/C16H25N3O/c1-16(2)9-5-6-13(10-16)18-14-8-7-12(11-17-14)15(20)19(3)4/h7-8,11,13H,5-6,9-10H2,1-4H3,(H,17,18). The molecule has 2 rings (SSSR count). The van der Waals surface area contributed by atoms with E-state index in [1.54, 1.807) is 25.2 Å². The van der Waals surface area contributed by atoms with Crippen molar-refractivity contribution in [2.24, 2.45) is 5.41 Å². The summed E-state index contributed by atoms with van der Waals surface area (Å²) in [5.74, 6) is 0.853. The average Bonchev–Trinajstić information content (AvgIpc) is 2.37. The van der Waals surface area contributed by atoms with E-state index in [1.165, 1.54) is 25.7 Å². The first-order valence-electron chi connectivity index (χ1n) is 7.32. The lowest BCUT2D eigenvalue weighted by Gasteiger charge is -2.35. The number of nitrogens with one attached hydrogen (secondary N) is 1. The van der Waals surface area contributed by atoms with Crippen molar-refractivity contribution in [1.29, 1.82) is 0 Å². The number of carbonyl (C=O) groups excluding carboxylic acids is 1.